The van der Waals surface area contributed by atoms with Crippen molar-refractivity contribution in [1.82, 2.24) is 5.32 Å². The number of hydrogen-bond acceptors (Lipinski definition) is 3. The summed E-state index contributed by atoms with van der Waals surface area (Å²) >= 11 is 0. The number of halogens is 4. The summed E-state index contributed by atoms with van der Waals surface area (Å²) < 4.78 is 48.2. The van der Waals surface area contributed by atoms with Gasteiger partial charge in [-0.3, -0.25) is 0 Å². The second-order valence-corrected chi connectivity index (χ2v) is 7.09. The van der Waals surface area contributed by atoms with Gasteiger partial charge in [-0.1, -0.05) is 35.4 Å². The number of hydrogen-bond donors (Lipinski definition) is 1. The minimum atomic E-state index is -4.76. The fraction of sp³-hybridized carbons (Fsp3) is 0.429. The maximum Gasteiger partial charge on any atom is 0.573 e. The Balaban J connectivity index is 0.00000280. The zero-order valence-corrected chi connectivity index (χ0v) is 16.8. The van der Waals surface area contributed by atoms with Crippen molar-refractivity contribution < 1.29 is 22.6 Å². The van der Waals surface area contributed by atoms with E-state index in [0.29, 0.717) is 12.5 Å². The molecule has 28 heavy (non-hydrogen) atoms. The third-order valence-electron chi connectivity index (χ3n) is 4.66. The lowest BCUT2D eigenvalue weighted by Gasteiger charge is -2.23. The first-order chi connectivity index (χ1) is 12.8. The molecule has 0 aromatic heterocycles. The lowest BCUT2D eigenvalue weighted by Crippen LogP contribution is -2.30. The third kappa shape index (κ3) is 6.31. The SMILES string of the molecule is Cc1cc(C)cc(-c2ccc(OC(F)(F)F)c(OCC3CCNCC3)c2)c1.Cl. The molecule has 0 radical (unpaired) electrons. The fourth-order valence-electron chi connectivity index (χ4n) is 3.41. The Morgan fingerprint density at radius 3 is 2.18 bits per heavy atom. The second-order valence-electron chi connectivity index (χ2n) is 7.09. The van der Waals surface area contributed by atoms with Crippen molar-refractivity contribution in [3.63, 3.8) is 0 Å². The minimum Gasteiger partial charge on any atom is -0.489 e. The molecule has 0 bridgehead atoms. The number of rotatable bonds is 5. The van der Waals surface area contributed by atoms with Crippen molar-refractivity contribution in [2.24, 2.45) is 5.92 Å². The van der Waals surface area contributed by atoms with E-state index in [9.17, 15) is 13.2 Å². The number of benzene rings is 2. The molecule has 1 N–H and O–H groups in total. The molecule has 1 saturated heterocycles. The van der Waals surface area contributed by atoms with Crippen LogP contribution in [-0.4, -0.2) is 26.1 Å². The summed E-state index contributed by atoms with van der Waals surface area (Å²) in [6, 6.07) is 10.7. The monoisotopic (exact) mass is 415 g/mol. The predicted octanol–water partition coefficient (Wildman–Crippen LogP) is 5.67. The Morgan fingerprint density at radius 2 is 1.57 bits per heavy atom. The topological polar surface area (TPSA) is 30.5 Å². The van der Waals surface area contributed by atoms with Crippen molar-refractivity contribution in [1.29, 1.82) is 0 Å². The first kappa shape index (κ1) is 22.4. The lowest BCUT2D eigenvalue weighted by molar-refractivity contribution is -0.275. The maximum absolute atomic E-state index is 12.8. The summed E-state index contributed by atoms with van der Waals surface area (Å²) in [7, 11) is 0. The molecular weight excluding hydrogens is 391 g/mol. The number of aryl methyl sites for hydroxylation is 2. The van der Waals surface area contributed by atoms with Gasteiger partial charge in [-0.05, 0) is 69.0 Å². The molecule has 0 unspecified atom stereocenters. The summed E-state index contributed by atoms with van der Waals surface area (Å²) in [5.41, 5.74) is 3.94. The predicted molar refractivity (Wildman–Crippen MR) is 106 cm³/mol. The van der Waals surface area contributed by atoms with Crippen LogP contribution in [-0.2, 0) is 0 Å². The van der Waals surface area contributed by atoms with E-state index in [0.717, 1.165) is 48.2 Å². The summed E-state index contributed by atoms with van der Waals surface area (Å²) in [4.78, 5) is 0. The van der Waals surface area contributed by atoms with Crippen LogP contribution in [0.5, 0.6) is 11.5 Å². The van der Waals surface area contributed by atoms with Crippen molar-refractivity contribution in [3.05, 3.63) is 47.5 Å². The van der Waals surface area contributed by atoms with E-state index in [1.165, 1.54) is 6.07 Å². The Labute approximate surface area is 169 Å². The maximum atomic E-state index is 12.8. The molecule has 2 aromatic rings. The summed E-state index contributed by atoms with van der Waals surface area (Å²) in [5, 5.41) is 3.27. The molecule has 0 spiro atoms. The van der Waals surface area contributed by atoms with Crippen LogP contribution in [0.4, 0.5) is 13.2 Å². The van der Waals surface area contributed by atoms with E-state index >= 15 is 0 Å². The average Bonchev–Trinajstić information content (AvgIpc) is 2.59. The quantitative estimate of drug-likeness (QED) is 0.682. The number of alkyl halides is 3. The van der Waals surface area contributed by atoms with E-state index in [-0.39, 0.29) is 23.9 Å². The first-order valence-corrected chi connectivity index (χ1v) is 9.12. The molecule has 0 aliphatic carbocycles. The molecule has 0 atom stereocenters. The van der Waals surface area contributed by atoms with Crippen LogP contribution < -0.4 is 14.8 Å². The van der Waals surface area contributed by atoms with E-state index in [4.69, 9.17) is 4.74 Å². The molecule has 0 saturated carbocycles. The van der Waals surface area contributed by atoms with Crippen LogP contribution in [0, 0.1) is 19.8 Å². The van der Waals surface area contributed by atoms with E-state index in [1.807, 2.05) is 26.0 Å². The van der Waals surface area contributed by atoms with Crippen LogP contribution in [0.25, 0.3) is 11.1 Å². The van der Waals surface area contributed by atoms with Gasteiger partial charge in [0.15, 0.2) is 11.5 Å². The zero-order chi connectivity index (χ0) is 19.4. The van der Waals surface area contributed by atoms with Crippen LogP contribution in [0.2, 0.25) is 0 Å². The molecule has 1 heterocycles. The first-order valence-electron chi connectivity index (χ1n) is 9.12. The highest BCUT2D eigenvalue weighted by molar-refractivity contribution is 5.85. The van der Waals surface area contributed by atoms with Gasteiger partial charge in [-0.2, -0.15) is 0 Å². The van der Waals surface area contributed by atoms with Gasteiger partial charge in [0.1, 0.15) is 0 Å². The van der Waals surface area contributed by atoms with Crippen LogP contribution in [0.1, 0.15) is 24.0 Å². The molecule has 1 aliphatic heterocycles. The van der Waals surface area contributed by atoms with Crippen LogP contribution >= 0.6 is 12.4 Å². The molecule has 7 heteroatoms. The van der Waals surface area contributed by atoms with Gasteiger partial charge >= 0.3 is 6.36 Å². The van der Waals surface area contributed by atoms with E-state index in [2.05, 4.69) is 16.1 Å². The molecule has 2 aromatic carbocycles. The van der Waals surface area contributed by atoms with Gasteiger partial charge in [-0.15, -0.1) is 25.6 Å². The summed E-state index contributed by atoms with van der Waals surface area (Å²) in [6.07, 6.45) is -2.85. The van der Waals surface area contributed by atoms with Crippen molar-refractivity contribution in [2.75, 3.05) is 19.7 Å². The lowest BCUT2D eigenvalue weighted by atomic mass is 9.99. The Bertz CT molecular complexity index is 769. The van der Waals surface area contributed by atoms with Crippen molar-refractivity contribution in [2.45, 2.75) is 33.1 Å². The number of ether oxygens (including phenoxy) is 2. The van der Waals surface area contributed by atoms with E-state index < -0.39 is 6.36 Å². The summed E-state index contributed by atoms with van der Waals surface area (Å²) in [5.74, 6) is 0.155. The molecule has 3 nitrogen and oxygen atoms in total. The zero-order valence-electron chi connectivity index (χ0n) is 15.9. The van der Waals surface area contributed by atoms with Gasteiger partial charge in [0.2, 0.25) is 0 Å². The fourth-order valence-corrected chi connectivity index (χ4v) is 3.41. The highest BCUT2D eigenvalue weighted by Crippen LogP contribution is 2.37. The average molecular weight is 416 g/mol. The van der Waals surface area contributed by atoms with Gasteiger partial charge in [0, 0.05) is 0 Å². The largest absolute Gasteiger partial charge is 0.573 e. The Kier molecular flexibility index (Phi) is 7.61. The third-order valence-corrected chi connectivity index (χ3v) is 4.66. The number of piperidine rings is 1. The Morgan fingerprint density at radius 1 is 0.929 bits per heavy atom. The van der Waals surface area contributed by atoms with Gasteiger partial charge in [0.25, 0.3) is 0 Å². The Hall–Kier alpha value is -1.92. The van der Waals surface area contributed by atoms with Gasteiger partial charge < -0.3 is 14.8 Å². The molecule has 1 fully saturated rings. The normalized spacial score (nSPS) is 15.0. The van der Waals surface area contributed by atoms with Crippen molar-refractivity contribution >= 4 is 12.4 Å². The standard InChI is InChI=1S/C21H24F3NO2.ClH/c1-14-9-15(2)11-18(10-14)17-3-4-19(27-21(22,23)24)20(12-17)26-13-16-5-7-25-8-6-16;/h3-4,9-12,16,25H,5-8,13H2,1-2H3;1H. The molecule has 154 valence electrons. The van der Waals surface area contributed by atoms with Gasteiger partial charge in [0.05, 0.1) is 6.61 Å². The van der Waals surface area contributed by atoms with Gasteiger partial charge in [-0.25, -0.2) is 0 Å². The molecule has 0 amide bonds. The van der Waals surface area contributed by atoms with E-state index in [1.54, 1.807) is 12.1 Å². The number of nitrogens with one attached hydrogen (secondary N) is 1. The second kappa shape index (κ2) is 9.52. The van der Waals surface area contributed by atoms with Crippen LogP contribution in [0.15, 0.2) is 36.4 Å². The van der Waals surface area contributed by atoms with Crippen LogP contribution in [0.3, 0.4) is 0 Å². The van der Waals surface area contributed by atoms with Crippen molar-refractivity contribution in [3.8, 4) is 22.6 Å². The minimum absolute atomic E-state index is 0. The molecule has 1 aliphatic rings. The smallest absolute Gasteiger partial charge is 0.489 e. The summed E-state index contributed by atoms with van der Waals surface area (Å²) in [6.45, 7) is 6.18. The molecular formula is C21H25ClF3NO2. The molecule has 3 rings (SSSR count). The highest BCUT2D eigenvalue weighted by Gasteiger charge is 2.32. The highest BCUT2D eigenvalue weighted by atomic mass is 35.5.